The Morgan fingerprint density at radius 1 is 1.10 bits per heavy atom. The Bertz CT molecular complexity index is 1850. The number of nitrogens with zero attached hydrogens (tertiary/aromatic N) is 4. The summed E-state index contributed by atoms with van der Waals surface area (Å²) in [6.07, 6.45) is 2.99. The smallest absolute Gasteiger partial charge is 0.345 e. The zero-order chi connectivity index (χ0) is 29.5. The molecule has 42 heavy (non-hydrogen) atoms. The quantitative estimate of drug-likeness (QED) is 0.191. The lowest BCUT2D eigenvalue weighted by atomic mass is 10.1. The zero-order valence-electron chi connectivity index (χ0n) is 23.1. The first-order chi connectivity index (χ1) is 20.3. The fraction of sp³-hybridized carbons (Fsp3) is 0.333. The Morgan fingerprint density at radius 3 is 2.50 bits per heavy atom. The van der Waals surface area contributed by atoms with Gasteiger partial charge in [-0.05, 0) is 31.0 Å². The van der Waals surface area contributed by atoms with Gasteiger partial charge in [0.15, 0.2) is 11.6 Å². The minimum atomic E-state index is -1.35. The van der Waals surface area contributed by atoms with Gasteiger partial charge in [0.2, 0.25) is 5.43 Å². The average molecular weight is 577 g/mol. The molecule has 218 valence electrons. The molecule has 1 N–H and O–H groups in total. The van der Waals surface area contributed by atoms with Crippen LogP contribution in [0, 0.1) is 5.82 Å². The maximum absolute atomic E-state index is 15.7. The number of ether oxygens (including phenoxy) is 1. The van der Waals surface area contributed by atoms with E-state index in [9.17, 15) is 19.5 Å². The van der Waals surface area contributed by atoms with Crippen LogP contribution in [-0.4, -0.2) is 73.2 Å². The van der Waals surface area contributed by atoms with Crippen molar-refractivity contribution in [2.45, 2.75) is 18.9 Å². The van der Waals surface area contributed by atoms with Crippen LogP contribution in [-0.2, 0) is 4.84 Å². The summed E-state index contributed by atoms with van der Waals surface area (Å²) in [7, 11) is 2.83. The number of piperazine rings is 1. The number of hydrogen-bond donors (Lipinski definition) is 1. The van der Waals surface area contributed by atoms with E-state index in [-0.39, 0.29) is 22.9 Å². The number of carbonyl (C=O) groups is 1. The highest BCUT2D eigenvalue weighted by Crippen LogP contribution is 2.43. The molecule has 0 radical (unpaired) electrons. The number of aromatic nitrogens is 1. The van der Waals surface area contributed by atoms with E-state index in [2.05, 4.69) is 10.1 Å². The van der Waals surface area contributed by atoms with Gasteiger partial charge in [0, 0.05) is 50.3 Å². The van der Waals surface area contributed by atoms with Crippen LogP contribution in [0.4, 0.5) is 10.1 Å². The van der Waals surface area contributed by atoms with E-state index in [0.29, 0.717) is 55.1 Å². The summed E-state index contributed by atoms with van der Waals surface area (Å²) >= 11 is 0. The predicted molar refractivity (Wildman–Crippen MR) is 155 cm³/mol. The lowest BCUT2D eigenvalue weighted by Crippen LogP contribution is -2.48. The fourth-order valence-electron chi connectivity index (χ4n) is 5.60. The molecule has 0 atom stereocenters. The number of aromatic carboxylic acids is 1. The average Bonchev–Trinajstić information content (AvgIpc) is 3.82. The molecule has 2 aliphatic rings. The Labute approximate surface area is 238 Å². The number of hydrogen-bond acceptors (Lipinski definition) is 9. The van der Waals surface area contributed by atoms with E-state index in [1.54, 1.807) is 22.8 Å². The van der Waals surface area contributed by atoms with Gasteiger partial charge in [-0.2, -0.15) is 0 Å². The molecule has 1 saturated heterocycles. The summed E-state index contributed by atoms with van der Waals surface area (Å²) < 4.78 is 28.6. The molecular formula is C30H29FN4O7. The first kappa shape index (κ1) is 27.5. The summed E-state index contributed by atoms with van der Waals surface area (Å²) in [6.45, 7) is 2.17. The maximum Gasteiger partial charge on any atom is 0.345 e. The second kappa shape index (κ2) is 10.9. The normalized spacial score (nSPS) is 16.3. The van der Waals surface area contributed by atoms with Crippen LogP contribution in [0.1, 0.15) is 34.8 Å². The van der Waals surface area contributed by atoms with Crippen molar-refractivity contribution in [3.63, 3.8) is 0 Å². The molecule has 2 aromatic heterocycles. The Hall–Kier alpha value is -4.71. The van der Waals surface area contributed by atoms with Gasteiger partial charge in [-0.15, -0.1) is 0 Å². The molecule has 12 heteroatoms. The Morgan fingerprint density at radius 2 is 1.83 bits per heavy atom. The molecule has 0 bridgehead atoms. The van der Waals surface area contributed by atoms with Crippen molar-refractivity contribution < 1.29 is 28.3 Å². The van der Waals surface area contributed by atoms with Gasteiger partial charge in [-0.25, -0.2) is 14.0 Å². The zero-order valence-corrected chi connectivity index (χ0v) is 23.1. The van der Waals surface area contributed by atoms with E-state index < -0.39 is 28.4 Å². The maximum atomic E-state index is 15.7. The first-order valence-corrected chi connectivity index (χ1v) is 13.6. The summed E-state index contributed by atoms with van der Waals surface area (Å²) in [5, 5.41) is 14.4. The van der Waals surface area contributed by atoms with Crippen LogP contribution in [0.3, 0.4) is 0 Å². The van der Waals surface area contributed by atoms with Crippen LogP contribution in [0.2, 0.25) is 0 Å². The van der Waals surface area contributed by atoms with Crippen LogP contribution >= 0.6 is 0 Å². The topological polar surface area (TPSA) is 127 Å². The third-order valence-corrected chi connectivity index (χ3v) is 7.79. The lowest BCUT2D eigenvalue weighted by Gasteiger charge is -2.37. The van der Waals surface area contributed by atoms with Gasteiger partial charge in [0.05, 0.1) is 23.6 Å². The number of para-hydroxylation sites is 1. The number of anilines is 1. The summed E-state index contributed by atoms with van der Waals surface area (Å²) in [5.74, 6) is -1.81. The number of carboxylic acid groups (broad SMARTS) is 1. The van der Waals surface area contributed by atoms with Gasteiger partial charge in [0.25, 0.3) is 0 Å². The molecule has 2 aromatic carbocycles. The highest BCUT2D eigenvalue weighted by Gasteiger charge is 2.32. The number of pyridine rings is 1. The highest BCUT2D eigenvalue weighted by molar-refractivity contribution is 6.03. The summed E-state index contributed by atoms with van der Waals surface area (Å²) in [5.41, 5.74) is 0.168. The number of halogens is 1. The van der Waals surface area contributed by atoms with Crippen molar-refractivity contribution in [1.82, 2.24) is 9.47 Å². The van der Waals surface area contributed by atoms with Crippen LogP contribution in [0.5, 0.6) is 5.75 Å². The second-order valence-electron chi connectivity index (χ2n) is 10.4. The number of rotatable bonds is 8. The Kier molecular flexibility index (Phi) is 7.15. The van der Waals surface area contributed by atoms with Crippen LogP contribution < -0.4 is 20.7 Å². The van der Waals surface area contributed by atoms with E-state index in [1.807, 2.05) is 17.0 Å². The van der Waals surface area contributed by atoms with Gasteiger partial charge in [-0.1, -0.05) is 23.4 Å². The van der Waals surface area contributed by atoms with Crippen LogP contribution in [0.15, 0.2) is 61.8 Å². The largest absolute Gasteiger partial charge is 0.492 e. The minimum absolute atomic E-state index is 0.0153. The van der Waals surface area contributed by atoms with Crippen molar-refractivity contribution >= 4 is 39.2 Å². The number of oxime groups is 1. The fourth-order valence-corrected chi connectivity index (χ4v) is 5.60. The van der Waals surface area contributed by atoms with Gasteiger partial charge in [-0.3, -0.25) is 9.69 Å². The SMILES string of the molecule is CO/N=C(/CN1CCN(c2c(F)cc3c(=O)c(C(=O)O)cn(C4CC4)c3c2OC)CC1)c1cc2ccccc2oc1=O. The molecule has 6 rings (SSSR count). The molecule has 11 nitrogen and oxygen atoms in total. The molecule has 1 aliphatic carbocycles. The van der Waals surface area contributed by atoms with Crippen molar-refractivity contribution in [3.8, 4) is 5.75 Å². The standard InChI is InChI=1S/C30H29FN4O7/c1-40-28-25-20(27(36)21(29(37)38)15-35(25)18-7-8-18)14-22(31)26(28)34-11-9-33(10-12-34)16-23(32-41-2)19-13-17-5-3-4-6-24(17)42-30(19)39/h3-6,13-15,18H,7-12,16H2,1-2H3,(H,37,38)/b32-23-. The predicted octanol–water partition coefficient (Wildman–Crippen LogP) is 3.46. The molecule has 1 saturated carbocycles. The van der Waals surface area contributed by atoms with Crippen molar-refractivity contribution in [3.05, 3.63) is 80.2 Å². The highest BCUT2D eigenvalue weighted by atomic mass is 19.1. The number of methoxy groups -OCH3 is 1. The molecule has 1 aliphatic heterocycles. The van der Waals surface area contributed by atoms with Crippen molar-refractivity contribution in [1.29, 1.82) is 0 Å². The minimum Gasteiger partial charge on any atom is -0.492 e. The molecule has 2 fully saturated rings. The Balaban J connectivity index is 1.29. The molecule has 4 aromatic rings. The van der Waals surface area contributed by atoms with E-state index in [4.69, 9.17) is 14.0 Å². The molecule has 0 unspecified atom stereocenters. The molecule has 0 spiro atoms. The van der Waals surface area contributed by atoms with Crippen molar-refractivity contribution in [2.75, 3.05) is 51.8 Å². The van der Waals surface area contributed by atoms with Gasteiger partial charge < -0.3 is 28.6 Å². The monoisotopic (exact) mass is 576 g/mol. The third kappa shape index (κ3) is 4.87. The number of benzene rings is 2. The van der Waals surface area contributed by atoms with E-state index in [0.717, 1.165) is 24.3 Å². The molecular weight excluding hydrogens is 547 g/mol. The summed E-state index contributed by atoms with van der Waals surface area (Å²) in [6, 6.07) is 10.1. The number of fused-ring (bicyclic) bond motifs is 2. The third-order valence-electron chi connectivity index (χ3n) is 7.79. The summed E-state index contributed by atoms with van der Waals surface area (Å²) in [4.78, 5) is 46.5. The molecule has 0 amide bonds. The van der Waals surface area contributed by atoms with E-state index in [1.165, 1.54) is 20.4 Å². The first-order valence-electron chi connectivity index (χ1n) is 13.6. The van der Waals surface area contributed by atoms with Gasteiger partial charge >= 0.3 is 11.6 Å². The van der Waals surface area contributed by atoms with Crippen LogP contribution in [0.25, 0.3) is 21.9 Å². The molecule has 3 heterocycles. The number of carboxylic acids is 1. The van der Waals surface area contributed by atoms with E-state index >= 15 is 4.39 Å². The van der Waals surface area contributed by atoms with Crippen molar-refractivity contribution in [2.24, 2.45) is 5.16 Å². The van der Waals surface area contributed by atoms with Gasteiger partial charge in [0.1, 0.15) is 29.7 Å². The second-order valence-corrected chi connectivity index (χ2v) is 10.4. The lowest BCUT2D eigenvalue weighted by molar-refractivity contribution is 0.0694.